The molecule has 1 fully saturated rings. The molecule has 2 N–H and O–H groups in total. The maximum absolute atomic E-state index is 12.1. The SMILES string of the molecule is C[C@@H](Nc1cccc(Cl)c1)c1nnc(SCC(=O)NN=C2CCCCC2)n1C. The maximum Gasteiger partial charge on any atom is 0.250 e. The van der Waals surface area contributed by atoms with Gasteiger partial charge in [-0.3, -0.25) is 4.79 Å². The van der Waals surface area contributed by atoms with Gasteiger partial charge >= 0.3 is 0 Å². The number of halogens is 1. The van der Waals surface area contributed by atoms with Crippen molar-refractivity contribution in [3.05, 3.63) is 35.1 Å². The molecule has 150 valence electrons. The van der Waals surface area contributed by atoms with Crippen LogP contribution in [0.3, 0.4) is 0 Å². The van der Waals surface area contributed by atoms with Gasteiger partial charge in [0.15, 0.2) is 11.0 Å². The van der Waals surface area contributed by atoms with E-state index in [1.807, 2.05) is 42.8 Å². The number of rotatable bonds is 7. The molecule has 1 aromatic carbocycles. The lowest BCUT2D eigenvalue weighted by atomic mass is 9.99. The molecule has 1 amide bonds. The van der Waals surface area contributed by atoms with Gasteiger partial charge in [-0.2, -0.15) is 5.10 Å². The quantitative estimate of drug-likeness (QED) is 0.518. The molecule has 1 saturated carbocycles. The van der Waals surface area contributed by atoms with Gasteiger partial charge in [0.05, 0.1) is 11.8 Å². The Balaban J connectivity index is 1.53. The van der Waals surface area contributed by atoms with Crippen molar-refractivity contribution in [1.29, 1.82) is 0 Å². The topological polar surface area (TPSA) is 84.2 Å². The number of carbonyl (C=O) groups is 1. The number of nitrogens with one attached hydrogen (secondary N) is 2. The van der Waals surface area contributed by atoms with Crippen LogP contribution >= 0.6 is 23.4 Å². The first-order valence-corrected chi connectivity index (χ1v) is 10.8. The number of thioether (sulfide) groups is 1. The van der Waals surface area contributed by atoms with E-state index in [-0.39, 0.29) is 17.7 Å². The zero-order valence-corrected chi connectivity index (χ0v) is 17.7. The predicted molar refractivity (Wildman–Crippen MR) is 114 cm³/mol. The second-order valence-corrected chi connectivity index (χ2v) is 8.22. The van der Waals surface area contributed by atoms with Gasteiger partial charge in [0.25, 0.3) is 5.91 Å². The van der Waals surface area contributed by atoms with E-state index in [1.54, 1.807) is 0 Å². The zero-order valence-electron chi connectivity index (χ0n) is 16.1. The van der Waals surface area contributed by atoms with E-state index in [9.17, 15) is 4.79 Å². The molecule has 0 radical (unpaired) electrons. The molecule has 9 heteroatoms. The van der Waals surface area contributed by atoms with Gasteiger partial charge < -0.3 is 9.88 Å². The molecule has 1 atom stereocenters. The van der Waals surface area contributed by atoms with Crippen LogP contribution in [0.25, 0.3) is 0 Å². The fraction of sp³-hybridized carbons (Fsp3) is 0.474. The van der Waals surface area contributed by atoms with Crippen molar-refractivity contribution in [1.82, 2.24) is 20.2 Å². The lowest BCUT2D eigenvalue weighted by molar-refractivity contribution is -0.118. The van der Waals surface area contributed by atoms with Crippen molar-refractivity contribution >= 4 is 40.7 Å². The predicted octanol–water partition coefficient (Wildman–Crippen LogP) is 4.17. The number of benzene rings is 1. The van der Waals surface area contributed by atoms with E-state index in [1.165, 1.54) is 18.2 Å². The summed E-state index contributed by atoms with van der Waals surface area (Å²) in [5.41, 5.74) is 4.66. The number of aromatic nitrogens is 3. The molecule has 0 bridgehead atoms. The molecule has 0 aliphatic heterocycles. The summed E-state index contributed by atoms with van der Waals surface area (Å²) in [6, 6.07) is 7.48. The summed E-state index contributed by atoms with van der Waals surface area (Å²) in [4.78, 5) is 12.1. The zero-order chi connectivity index (χ0) is 19.9. The van der Waals surface area contributed by atoms with Crippen LogP contribution in [0.15, 0.2) is 34.5 Å². The van der Waals surface area contributed by atoms with Crippen molar-refractivity contribution in [2.45, 2.75) is 50.2 Å². The van der Waals surface area contributed by atoms with Gasteiger partial charge in [-0.25, -0.2) is 5.43 Å². The third-order valence-corrected chi connectivity index (χ3v) is 5.82. The van der Waals surface area contributed by atoms with Crippen molar-refractivity contribution in [2.75, 3.05) is 11.1 Å². The number of hydrogen-bond acceptors (Lipinski definition) is 6. The highest BCUT2D eigenvalue weighted by atomic mass is 35.5. The van der Waals surface area contributed by atoms with Crippen molar-refractivity contribution in [3.8, 4) is 0 Å². The van der Waals surface area contributed by atoms with E-state index in [4.69, 9.17) is 11.6 Å². The van der Waals surface area contributed by atoms with Crippen LogP contribution in [0.1, 0.15) is 50.9 Å². The second kappa shape index (κ2) is 9.93. The number of amides is 1. The van der Waals surface area contributed by atoms with Gasteiger partial charge in [0.1, 0.15) is 0 Å². The van der Waals surface area contributed by atoms with E-state index < -0.39 is 0 Å². The summed E-state index contributed by atoms with van der Waals surface area (Å²) in [6.45, 7) is 2.01. The minimum Gasteiger partial charge on any atom is -0.375 e. The minimum atomic E-state index is -0.127. The van der Waals surface area contributed by atoms with Gasteiger partial charge in [-0.15, -0.1) is 10.2 Å². The Morgan fingerprint density at radius 3 is 2.86 bits per heavy atom. The van der Waals surface area contributed by atoms with E-state index in [0.717, 1.165) is 42.9 Å². The standard InChI is InChI=1S/C19H25ClN6OS/c1-13(21-16-10-6-7-14(20)11-16)18-24-25-19(26(18)2)28-12-17(27)23-22-15-8-4-3-5-9-15/h6-7,10-11,13,21H,3-5,8-9,12H2,1-2H3,(H,23,27)/t13-/m1/s1. The van der Waals surface area contributed by atoms with E-state index >= 15 is 0 Å². The molecule has 1 aromatic heterocycles. The summed E-state index contributed by atoms with van der Waals surface area (Å²) < 4.78 is 1.90. The number of hydrogen-bond donors (Lipinski definition) is 2. The number of anilines is 1. The fourth-order valence-corrected chi connectivity index (χ4v) is 4.00. The molecule has 3 rings (SSSR count). The van der Waals surface area contributed by atoms with Gasteiger partial charge in [0.2, 0.25) is 0 Å². The molecular weight excluding hydrogens is 396 g/mol. The average Bonchev–Trinajstić information content (AvgIpc) is 3.06. The number of nitrogens with zero attached hydrogens (tertiary/aromatic N) is 4. The molecule has 1 aliphatic carbocycles. The normalized spacial score (nSPS) is 15.2. The van der Waals surface area contributed by atoms with Crippen LogP contribution in [0.5, 0.6) is 0 Å². The molecule has 1 aliphatic rings. The van der Waals surface area contributed by atoms with Crippen molar-refractivity contribution in [3.63, 3.8) is 0 Å². The Hall–Kier alpha value is -2.06. The molecule has 1 heterocycles. The third kappa shape index (κ3) is 5.72. The Morgan fingerprint density at radius 1 is 1.32 bits per heavy atom. The molecular formula is C19H25ClN6OS. The van der Waals surface area contributed by atoms with Crippen molar-refractivity contribution < 1.29 is 4.79 Å². The Labute approximate surface area is 174 Å². The van der Waals surface area contributed by atoms with Crippen LogP contribution in [0, 0.1) is 0 Å². The first-order chi connectivity index (χ1) is 13.5. The maximum atomic E-state index is 12.1. The molecule has 2 aromatic rings. The van der Waals surface area contributed by atoms with E-state index in [0.29, 0.717) is 10.2 Å². The molecule has 0 spiro atoms. The average molecular weight is 421 g/mol. The van der Waals surface area contributed by atoms with Crippen LogP contribution in [-0.4, -0.2) is 32.1 Å². The molecule has 28 heavy (non-hydrogen) atoms. The highest BCUT2D eigenvalue weighted by molar-refractivity contribution is 7.99. The first-order valence-electron chi connectivity index (χ1n) is 9.41. The van der Waals surface area contributed by atoms with Crippen LogP contribution in [0.4, 0.5) is 5.69 Å². The van der Waals surface area contributed by atoms with Crippen LogP contribution < -0.4 is 10.7 Å². The second-order valence-electron chi connectivity index (χ2n) is 6.84. The van der Waals surface area contributed by atoms with Gasteiger partial charge in [0, 0.05) is 23.5 Å². The van der Waals surface area contributed by atoms with Gasteiger partial charge in [-0.05, 0) is 50.8 Å². The van der Waals surface area contributed by atoms with Crippen LogP contribution in [0.2, 0.25) is 5.02 Å². The van der Waals surface area contributed by atoms with E-state index in [2.05, 4.69) is 26.0 Å². The Bertz CT molecular complexity index is 845. The largest absolute Gasteiger partial charge is 0.375 e. The summed E-state index contributed by atoms with van der Waals surface area (Å²) in [6.07, 6.45) is 5.54. The minimum absolute atomic E-state index is 0.0585. The van der Waals surface area contributed by atoms with Crippen LogP contribution in [-0.2, 0) is 11.8 Å². The Kier molecular flexibility index (Phi) is 7.33. The summed E-state index contributed by atoms with van der Waals surface area (Å²) >= 11 is 7.38. The Morgan fingerprint density at radius 2 is 2.11 bits per heavy atom. The third-order valence-electron chi connectivity index (χ3n) is 4.57. The van der Waals surface area contributed by atoms with Crippen molar-refractivity contribution in [2.24, 2.45) is 12.1 Å². The monoisotopic (exact) mass is 420 g/mol. The first kappa shape index (κ1) is 20.7. The smallest absolute Gasteiger partial charge is 0.250 e. The molecule has 0 unspecified atom stereocenters. The van der Waals surface area contributed by atoms with Gasteiger partial charge in [-0.1, -0.05) is 35.9 Å². The lowest BCUT2D eigenvalue weighted by Crippen LogP contribution is -2.22. The summed E-state index contributed by atoms with van der Waals surface area (Å²) in [7, 11) is 1.90. The summed E-state index contributed by atoms with van der Waals surface area (Å²) in [5.74, 6) is 0.904. The lowest BCUT2D eigenvalue weighted by Gasteiger charge is -2.15. The number of carbonyl (C=O) groups excluding carboxylic acids is 1. The summed E-state index contributed by atoms with van der Waals surface area (Å²) in [5, 5.41) is 17.5. The fourth-order valence-electron chi connectivity index (χ4n) is 3.10. The highest BCUT2D eigenvalue weighted by Crippen LogP contribution is 2.23. The number of hydrazone groups is 1. The molecule has 7 nitrogen and oxygen atoms in total. The molecule has 0 saturated heterocycles. The highest BCUT2D eigenvalue weighted by Gasteiger charge is 2.17.